The molecule has 2 aromatic carbocycles. The smallest absolute Gasteiger partial charge is 0.224 e. The van der Waals surface area contributed by atoms with Crippen molar-refractivity contribution >= 4 is 35.0 Å². The van der Waals surface area contributed by atoms with Crippen LogP contribution in [-0.4, -0.2) is 11.7 Å². The molecule has 0 atom stereocenters. The molecule has 0 aromatic heterocycles. The molecule has 23 heavy (non-hydrogen) atoms. The normalized spacial score (nSPS) is 10.6. The van der Waals surface area contributed by atoms with Crippen molar-refractivity contribution < 1.29 is 4.79 Å². The van der Waals surface area contributed by atoms with Gasteiger partial charge in [0.15, 0.2) is 0 Å². The zero-order valence-corrected chi connectivity index (χ0v) is 15.1. The van der Waals surface area contributed by atoms with E-state index < -0.39 is 0 Å². The van der Waals surface area contributed by atoms with Crippen molar-refractivity contribution in [2.75, 3.05) is 11.1 Å². The SMILES string of the molecule is Cc1cccc(C)c1NC(=O)CCCSCc1ccccc1Cl. The second kappa shape index (κ2) is 8.99. The minimum absolute atomic E-state index is 0.0840. The summed E-state index contributed by atoms with van der Waals surface area (Å²) in [7, 11) is 0. The molecular formula is C19H22ClNOS. The summed E-state index contributed by atoms with van der Waals surface area (Å²) in [4.78, 5) is 12.1. The van der Waals surface area contributed by atoms with Gasteiger partial charge < -0.3 is 5.32 Å². The largest absolute Gasteiger partial charge is 0.326 e. The minimum atomic E-state index is 0.0840. The summed E-state index contributed by atoms with van der Waals surface area (Å²) in [5, 5.41) is 3.84. The average molecular weight is 348 g/mol. The van der Waals surface area contributed by atoms with Gasteiger partial charge in [0.1, 0.15) is 0 Å². The highest BCUT2D eigenvalue weighted by molar-refractivity contribution is 7.98. The van der Waals surface area contributed by atoms with E-state index in [4.69, 9.17) is 11.6 Å². The monoisotopic (exact) mass is 347 g/mol. The topological polar surface area (TPSA) is 29.1 Å². The van der Waals surface area contributed by atoms with E-state index in [1.807, 2.05) is 68.1 Å². The number of hydrogen-bond acceptors (Lipinski definition) is 2. The van der Waals surface area contributed by atoms with E-state index in [1.54, 1.807) is 0 Å². The summed E-state index contributed by atoms with van der Waals surface area (Å²) in [6.45, 7) is 4.03. The predicted molar refractivity (Wildman–Crippen MR) is 101 cm³/mol. The van der Waals surface area contributed by atoms with Crippen LogP contribution >= 0.6 is 23.4 Å². The third-order valence-electron chi connectivity index (χ3n) is 3.65. The Morgan fingerprint density at radius 1 is 1.09 bits per heavy atom. The molecule has 0 aliphatic rings. The van der Waals surface area contributed by atoms with Gasteiger partial charge in [0.25, 0.3) is 0 Å². The molecule has 0 heterocycles. The molecule has 0 aliphatic carbocycles. The summed E-state index contributed by atoms with van der Waals surface area (Å²) in [5.74, 6) is 1.92. The van der Waals surface area contributed by atoms with Gasteiger partial charge in [0.2, 0.25) is 5.91 Å². The molecule has 2 aromatic rings. The second-order valence-electron chi connectivity index (χ2n) is 5.56. The van der Waals surface area contributed by atoms with Crippen LogP contribution in [0.3, 0.4) is 0 Å². The van der Waals surface area contributed by atoms with Gasteiger partial charge in [-0.25, -0.2) is 0 Å². The van der Waals surface area contributed by atoms with Gasteiger partial charge in [-0.2, -0.15) is 11.8 Å². The summed E-state index contributed by atoms with van der Waals surface area (Å²) in [6, 6.07) is 13.9. The molecule has 0 radical (unpaired) electrons. The van der Waals surface area contributed by atoms with Crippen molar-refractivity contribution in [3.63, 3.8) is 0 Å². The van der Waals surface area contributed by atoms with Gasteiger partial charge in [-0.1, -0.05) is 48.0 Å². The molecule has 0 spiro atoms. The number of benzene rings is 2. The van der Waals surface area contributed by atoms with Gasteiger partial charge in [-0.3, -0.25) is 4.79 Å². The second-order valence-corrected chi connectivity index (χ2v) is 7.07. The number of aryl methyl sites for hydroxylation is 2. The molecule has 0 unspecified atom stereocenters. The maximum Gasteiger partial charge on any atom is 0.224 e. The lowest BCUT2D eigenvalue weighted by Crippen LogP contribution is -2.13. The summed E-state index contributed by atoms with van der Waals surface area (Å²) in [6.07, 6.45) is 1.41. The van der Waals surface area contributed by atoms with E-state index in [0.717, 1.165) is 45.3 Å². The zero-order valence-electron chi connectivity index (χ0n) is 13.6. The Labute approximate surface area is 147 Å². The zero-order chi connectivity index (χ0) is 16.7. The van der Waals surface area contributed by atoms with Gasteiger partial charge in [0, 0.05) is 22.9 Å². The number of halogens is 1. The van der Waals surface area contributed by atoms with Gasteiger partial charge in [-0.15, -0.1) is 0 Å². The fourth-order valence-electron chi connectivity index (χ4n) is 2.35. The lowest BCUT2D eigenvalue weighted by atomic mass is 10.1. The fraction of sp³-hybridized carbons (Fsp3) is 0.316. The standard InChI is InChI=1S/C19H22ClNOS/c1-14-7-5-8-15(2)19(14)21-18(22)11-6-12-23-13-16-9-3-4-10-17(16)20/h3-5,7-10H,6,11-13H2,1-2H3,(H,21,22). The van der Waals surface area contributed by atoms with Gasteiger partial charge in [0.05, 0.1) is 0 Å². The van der Waals surface area contributed by atoms with Crippen molar-refractivity contribution in [3.8, 4) is 0 Å². The summed E-state index contributed by atoms with van der Waals surface area (Å²) >= 11 is 7.94. The highest BCUT2D eigenvalue weighted by atomic mass is 35.5. The number of para-hydroxylation sites is 1. The number of thioether (sulfide) groups is 1. The Bertz CT molecular complexity index is 652. The lowest BCUT2D eigenvalue weighted by molar-refractivity contribution is -0.116. The van der Waals surface area contributed by atoms with Gasteiger partial charge >= 0.3 is 0 Å². The number of carbonyl (C=O) groups is 1. The molecule has 122 valence electrons. The Balaban J connectivity index is 1.70. The van der Waals surface area contributed by atoms with Crippen molar-refractivity contribution in [2.45, 2.75) is 32.4 Å². The molecule has 0 fully saturated rings. The molecule has 0 bridgehead atoms. The van der Waals surface area contributed by atoms with Crippen molar-refractivity contribution in [1.29, 1.82) is 0 Å². The molecule has 4 heteroatoms. The molecule has 2 nitrogen and oxygen atoms in total. The van der Waals surface area contributed by atoms with E-state index in [1.165, 1.54) is 0 Å². The van der Waals surface area contributed by atoms with Crippen molar-refractivity contribution in [2.24, 2.45) is 0 Å². The first kappa shape index (κ1) is 17.9. The third-order valence-corrected chi connectivity index (χ3v) is 5.11. The maximum atomic E-state index is 12.1. The van der Waals surface area contributed by atoms with E-state index >= 15 is 0 Å². The molecule has 1 N–H and O–H groups in total. The van der Waals surface area contributed by atoms with E-state index in [2.05, 4.69) is 5.32 Å². The van der Waals surface area contributed by atoms with Crippen LogP contribution in [0, 0.1) is 13.8 Å². The van der Waals surface area contributed by atoms with E-state index in [-0.39, 0.29) is 5.91 Å². The first-order valence-corrected chi connectivity index (χ1v) is 9.28. The number of amides is 1. The number of anilines is 1. The van der Waals surface area contributed by atoms with Crippen LogP contribution in [-0.2, 0) is 10.5 Å². The number of nitrogens with one attached hydrogen (secondary N) is 1. The molecular weight excluding hydrogens is 326 g/mol. The van der Waals surface area contributed by atoms with E-state index in [9.17, 15) is 4.79 Å². The predicted octanol–water partition coefficient (Wildman–Crippen LogP) is 5.61. The van der Waals surface area contributed by atoms with Crippen LogP contribution in [0.2, 0.25) is 5.02 Å². The summed E-state index contributed by atoms with van der Waals surface area (Å²) in [5.41, 5.74) is 4.30. The molecule has 0 aliphatic heterocycles. The van der Waals surface area contributed by atoms with Crippen LogP contribution in [0.15, 0.2) is 42.5 Å². The summed E-state index contributed by atoms with van der Waals surface area (Å²) < 4.78 is 0. The van der Waals surface area contributed by atoms with Gasteiger partial charge in [-0.05, 0) is 48.8 Å². The maximum absolute atomic E-state index is 12.1. The minimum Gasteiger partial charge on any atom is -0.326 e. The number of rotatable bonds is 7. The Hall–Kier alpha value is -1.45. The average Bonchev–Trinajstić information content (AvgIpc) is 2.52. The Kier molecular flexibility index (Phi) is 7.00. The lowest BCUT2D eigenvalue weighted by Gasteiger charge is -2.11. The third kappa shape index (κ3) is 5.60. The highest BCUT2D eigenvalue weighted by Gasteiger charge is 2.07. The molecule has 0 saturated heterocycles. The van der Waals surface area contributed by atoms with E-state index in [0.29, 0.717) is 6.42 Å². The van der Waals surface area contributed by atoms with Crippen LogP contribution in [0.4, 0.5) is 5.69 Å². The van der Waals surface area contributed by atoms with Crippen LogP contribution in [0.1, 0.15) is 29.5 Å². The van der Waals surface area contributed by atoms with Crippen molar-refractivity contribution in [3.05, 3.63) is 64.2 Å². The number of carbonyl (C=O) groups excluding carboxylic acids is 1. The first-order chi connectivity index (χ1) is 11.1. The Morgan fingerprint density at radius 3 is 2.48 bits per heavy atom. The fourth-order valence-corrected chi connectivity index (χ4v) is 3.59. The quantitative estimate of drug-likeness (QED) is 0.659. The van der Waals surface area contributed by atoms with Crippen molar-refractivity contribution in [1.82, 2.24) is 0 Å². The first-order valence-electron chi connectivity index (χ1n) is 7.75. The van der Waals surface area contributed by atoms with Crippen LogP contribution < -0.4 is 5.32 Å². The molecule has 1 amide bonds. The molecule has 2 rings (SSSR count). The van der Waals surface area contributed by atoms with Crippen LogP contribution in [0.5, 0.6) is 0 Å². The molecule has 0 saturated carbocycles. The number of hydrogen-bond donors (Lipinski definition) is 1. The Morgan fingerprint density at radius 2 is 1.78 bits per heavy atom. The highest BCUT2D eigenvalue weighted by Crippen LogP contribution is 2.22. The van der Waals surface area contributed by atoms with Crippen LogP contribution in [0.25, 0.3) is 0 Å².